The summed E-state index contributed by atoms with van der Waals surface area (Å²) in [5.74, 6) is 0.909. The van der Waals surface area contributed by atoms with Crippen LogP contribution in [0.3, 0.4) is 0 Å². The first kappa shape index (κ1) is 18.3. The van der Waals surface area contributed by atoms with E-state index in [0.29, 0.717) is 10.9 Å². The topological polar surface area (TPSA) is 38.3 Å². The Hall–Kier alpha value is -2.00. The number of anilines is 1. The van der Waals surface area contributed by atoms with E-state index in [1.54, 1.807) is 19.1 Å². The van der Waals surface area contributed by atoms with Crippen LogP contribution in [0, 0.1) is 13.8 Å². The molecule has 0 aromatic heterocycles. The van der Waals surface area contributed by atoms with Gasteiger partial charge in [-0.1, -0.05) is 37.6 Å². The van der Waals surface area contributed by atoms with Gasteiger partial charge in [-0.2, -0.15) is 0 Å². The van der Waals surface area contributed by atoms with Crippen LogP contribution in [0.1, 0.15) is 43.4 Å². The Morgan fingerprint density at radius 2 is 1.79 bits per heavy atom. The summed E-state index contributed by atoms with van der Waals surface area (Å²) in [6, 6.07) is 11.5. The van der Waals surface area contributed by atoms with Gasteiger partial charge in [-0.25, -0.2) is 0 Å². The number of benzene rings is 2. The number of ether oxygens (including phenoxy) is 1. The van der Waals surface area contributed by atoms with E-state index in [0.717, 1.165) is 28.1 Å². The molecule has 0 bridgehead atoms. The number of amides is 1. The van der Waals surface area contributed by atoms with E-state index in [2.05, 4.69) is 31.3 Å². The largest absolute Gasteiger partial charge is 0.481 e. The van der Waals surface area contributed by atoms with Crippen LogP contribution in [-0.4, -0.2) is 12.0 Å². The van der Waals surface area contributed by atoms with Crippen LogP contribution in [0.25, 0.3) is 0 Å². The molecule has 4 heteroatoms. The monoisotopic (exact) mass is 345 g/mol. The summed E-state index contributed by atoms with van der Waals surface area (Å²) in [6.07, 6.45) is -0.598. The van der Waals surface area contributed by atoms with Crippen molar-refractivity contribution in [3.8, 4) is 5.75 Å². The summed E-state index contributed by atoms with van der Waals surface area (Å²) in [4.78, 5) is 12.5. The molecule has 0 aliphatic carbocycles. The molecule has 2 rings (SSSR count). The van der Waals surface area contributed by atoms with Crippen molar-refractivity contribution >= 4 is 23.2 Å². The van der Waals surface area contributed by atoms with Gasteiger partial charge in [0.25, 0.3) is 5.91 Å². The molecule has 2 aromatic carbocycles. The van der Waals surface area contributed by atoms with Gasteiger partial charge >= 0.3 is 0 Å². The van der Waals surface area contributed by atoms with Gasteiger partial charge in [0.05, 0.1) is 0 Å². The second-order valence-corrected chi connectivity index (χ2v) is 6.84. The molecule has 0 aliphatic heterocycles. The lowest BCUT2D eigenvalue weighted by molar-refractivity contribution is -0.122. The highest BCUT2D eigenvalue weighted by Gasteiger charge is 2.18. The second kappa shape index (κ2) is 7.71. The van der Waals surface area contributed by atoms with E-state index in [1.165, 1.54) is 0 Å². The molecular formula is C20H24ClNO2. The number of hydrogen-bond acceptors (Lipinski definition) is 2. The van der Waals surface area contributed by atoms with Crippen molar-refractivity contribution < 1.29 is 9.53 Å². The number of carbonyl (C=O) groups excluding carboxylic acids is 1. The standard InChI is InChI=1S/C20H24ClNO2/c1-12(2)17-8-6-13(3)10-19(17)24-15(5)20(23)22-18-9-7-16(21)11-14(18)4/h6-12,15H,1-5H3,(H,22,23)/t15-/m1/s1. The molecule has 0 aliphatic rings. The fourth-order valence-electron chi connectivity index (χ4n) is 2.47. The van der Waals surface area contributed by atoms with E-state index < -0.39 is 6.10 Å². The van der Waals surface area contributed by atoms with E-state index in [9.17, 15) is 4.79 Å². The third-order valence-electron chi connectivity index (χ3n) is 3.91. The fourth-order valence-corrected chi connectivity index (χ4v) is 2.69. The number of carbonyl (C=O) groups is 1. The van der Waals surface area contributed by atoms with E-state index >= 15 is 0 Å². The van der Waals surface area contributed by atoms with Gasteiger partial charge in [-0.15, -0.1) is 0 Å². The molecule has 0 saturated heterocycles. The van der Waals surface area contributed by atoms with Crippen molar-refractivity contribution in [1.29, 1.82) is 0 Å². The highest BCUT2D eigenvalue weighted by atomic mass is 35.5. The molecule has 2 aromatic rings. The van der Waals surface area contributed by atoms with Gasteiger partial charge in [-0.3, -0.25) is 4.79 Å². The van der Waals surface area contributed by atoms with Crippen LogP contribution in [0.4, 0.5) is 5.69 Å². The highest BCUT2D eigenvalue weighted by Crippen LogP contribution is 2.28. The number of rotatable bonds is 5. The zero-order valence-electron chi connectivity index (χ0n) is 14.8. The van der Waals surface area contributed by atoms with E-state index in [4.69, 9.17) is 16.3 Å². The maximum absolute atomic E-state index is 12.5. The van der Waals surface area contributed by atoms with Crippen LogP contribution in [0.2, 0.25) is 5.02 Å². The third kappa shape index (κ3) is 4.51. The molecule has 1 N–H and O–H groups in total. The Morgan fingerprint density at radius 3 is 2.42 bits per heavy atom. The zero-order chi connectivity index (χ0) is 17.9. The minimum atomic E-state index is -0.598. The summed E-state index contributed by atoms with van der Waals surface area (Å²) in [5.41, 5.74) is 3.87. The quantitative estimate of drug-likeness (QED) is 0.778. The zero-order valence-corrected chi connectivity index (χ0v) is 15.6. The van der Waals surface area contributed by atoms with Gasteiger partial charge < -0.3 is 10.1 Å². The predicted octanol–water partition coefficient (Wildman–Crippen LogP) is 5.49. The minimum Gasteiger partial charge on any atom is -0.481 e. The van der Waals surface area contributed by atoms with Crippen molar-refractivity contribution in [2.24, 2.45) is 0 Å². The molecule has 0 heterocycles. The SMILES string of the molecule is Cc1ccc(C(C)C)c(O[C@H](C)C(=O)Nc2ccc(Cl)cc2C)c1. The van der Waals surface area contributed by atoms with Crippen molar-refractivity contribution in [2.75, 3.05) is 5.32 Å². The Bertz CT molecular complexity index is 740. The van der Waals surface area contributed by atoms with Crippen molar-refractivity contribution in [2.45, 2.75) is 46.6 Å². The summed E-state index contributed by atoms with van der Waals surface area (Å²) >= 11 is 5.95. The molecule has 0 spiro atoms. The molecule has 128 valence electrons. The maximum atomic E-state index is 12.5. The molecule has 0 fully saturated rings. The molecular weight excluding hydrogens is 322 g/mol. The van der Waals surface area contributed by atoms with Crippen LogP contribution in [0.5, 0.6) is 5.75 Å². The van der Waals surface area contributed by atoms with Gasteiger partial charge in [0, 0.05) is 10.7 Å². The van der Waals surface area contributed by atoms with Crippen molar-refractivity contribution in [1.82, 2.24) is 0 Å². The Balaban J connectivity index is 2.13. The van der Waals surface area contributed by atoms with Crippen LogP contribution in [0.15, 0.2) is 36.4 Å². The summed E-state index contributed by atoms with van der Waals surface area (Å²) in [7, 11) is 0. The number of nitrogens with one attached hydrogen (secondary N) is 1. The van der Waals surface area contributed by atoms with E-state index in [-0.39, 0.29) is 5.91 Å². The molecule has 0 unspecified atom stereocenters. The molecule has 1 atom stereocenters. The maximum Gasteiger partial charge on any atom is 0.265 e. The summed E-state index contributed by atoms with van der Waals surface area (Å²) in [6.45, 7) is 9.90. The first-order chi connectivity index (χ1) is 11.3. The van der Waals surface area contributed by atoms with Crippen LogP contribution >= 0.6 is 11.6 Å². The minimum absolute atomic E-state index is 0.184. The van der Waals surface area contributed by atoms with Gasteiger partial charge in [-0.05, 0) is 67.6 Å². The lowest BCUT2D eigenvalue weighted by atomic mass is 10.0. The molecule has 0 radical (unpaired) electrons. The predicted molar refractivity (Wildman–Crippen MR) is 100 cm³/mol. The normalized spacial score (nSPS) is 12.1. The number of hydrogen-bond donors (Lipinski definition) is 1. The highest BCUT2D eigenvalue weighted by molar-refractivity contribution is 6.30. The van der Waals surface area contributed by atoms with Gasteiger partial charge in [0.15, 0.2) is 6.10 Å². The van der Waals surface area contributed by atoms with E-state index in [1.807, 2.05) is 26.0 Å². The lowest BCUT2D eigenvalue weighted by Gasteiger charge is -2.20. The number of halogens is 1. The van der Waals surface area contributed by atoms with Crippen LogP contribution in [-0.2, 0) is 4.79 Å². The average Bonchev–Trinajstić information content (AvgIpc) is 2.49. The van der Waals surface area contributed by atoms with Crippen molar-refractivity contribution in [3.63, 3.8) is 0 Å². The fraction of sp³-hybridized carbons (Fsp3) is 0.350. The second-order valence-electron chi connectivity index (χ2n) is 6.40. The van der Waals surface area contributed by atoms with Crippen molar-refractivity contribution in [3.05, 3.63) is 58.1 Å². The molecule has 1 amide bonds. The Labute approximate surface area is 149 Å². The average molecular weight is 346 g/mol. The lowest BCUT2D eigenvalue weighted by Crippen LogP contribution is -2.30. The molecule has 3 nitrogen and oxygen atoms in total. The number of aryl methyl sites for hydroxylation is 2. The Kier molecular flexibility index (Phi) is 5.89. The Morgan fingerprint density at radius 1 is 1.08 bits per heavy atom. The summed E-state index contributed by atoms with van der Waals surface area (Å²) < 4.78 is 5.95. The molecule has 0 saturated carbocycles. The smallest absolute Gasteiger partial charge is 0.265 e. The summed E-state index contributed by atoms with van der Waals surface area (Å²) in [5, 5.41) is 3.55. The first-order valence-electron chi connectivity index (χ1n) is 8.12. The van der Waals surface area contributed by atoms with Gasteiger partial charge in [0.1, 0.15) is 5.75 Å². The molecule has 24 heavy (non-hydrogen) atoms. The first-order valence-corrected chi connectivity index (χ1v) is 8.50. The third-order valence-corrected chi connectivity index (χ3v) is 4.15. The van der Waals surface area contributed by atoms with Crippen LogP contribution < -0.4 is 10.1 Å². The van der Waals surface area contributed by atoms with Gasteiger partial charge in [0.2, 0.25) is 0 Å².